The SMILES string of the molecule is COc1cccc(C(O)CN(C)C(=O)[C@@H]2C[C@H](C)CC[C@H]2C(C)C)c1. The first-order valence-corrected chi connectivity index (χ1v) is 9.40. The number of aliphatic hydroxyl groups is 1. The van der Waals surface area contributed by atoms with Crippen LogP contribution in [0, 0.1) is 23.7 Å². The van der Waals surface area contributed by atoms with Crippen LogP contribution in [0.3, 0.4) is 0 Å². The molecule has 0 aromatic heterocycles. The molecule has 0 saturated heterocycles. The third kappa shape index (κ3) is 4.97. The highest BCUT2D eigenvalue weighted by atomic mass is 16.5. The van der Waals surface area contributed by atoms with Crippen LogP contribution in [0.4, 0.5) is 0 Å². The summed E-state index contributed by atoms with van der Waals surface area (Å²) in [4.78, 5) is 14.7. The Kier molecular flexibility index (Phi) is 6.88. The van der Waals surface area contributed by atoms with Crippen LogP contribution >= 0.6 is 0 Å². The van der Waals surface area contributed by atoms with E-state index in [1.807, 2.05) is 31.3 Å². The van der Waals surface area contributed by atoms with Crippen LogP contribution in [0.5, 0.6) is 5.75 Å². The van der Waals surface area contributed by atoms with Crippen LogP contribution in [0.15, 0.2) is 24.3 Å². The first kappa shape index (κ1) is 19.8. The minimum atomic E-state index is -0.706. The van der Waals surface area contributed by atoms with Crippen LogP contribution in [-0.4, -0.2) is 36.6 Å². The fourth-order valence-corrected chi connectivity index (χ4v) is 4.07. The highest BCUT2D eigenvalue weighted by Crippen LogP contribution is 2.39. The molecule has 0 radical (unpaired) electrons. The maximum atomic E-state index is 13.0. The van der Waals surface area contributed by atoms with Gasteiger partial charge in [0.05, 0.1) is 19.8 Å². The fourth-order valence-electron chi connectivity index (χ4n) is 4.07. The van der Waals surface area contributed by atoms with Crippen LogP contribution in [0.2, 0.25) is 0 Å². The van der Waals surface area contributed by atoms with Crippen LogP contribution < -0.4 is 4.74 Å². The quantitative estimate of drug-likeness (QED) is 0.849. The molecule has 1 amide bonds. The van der Waals surface area contributed by atoms with Gasteiger partial charge in [-0.3, -0.25) is 4.79 Å². The minimum absolute atomic E-state index is 0.0752. The standard InChI is InChI=1S/C21H33NO3/c1-14(2)18-10-9-15(3)11-19(18)21(24)22(4)13-20(23)16-7-6-8-17(12-16)25-5/h6-8,12,14-15,18-20,23H,9-11,13H2,1-5H3/t15-,18+,19-,20?/m1/s1. The summed E-state index contributed by atoms with van der Waals surface area (Å²) in [5, 5.41) is 10.5. The molecule has 0 heterocycles. The van der Waals surface area contributed by atoms with Crippen LogP contribution in [0.25, 0.3) is 0 Å². The molecule has 140 valence electrons. The molecule has 1 aliphatic carbocycles. The zero-order valence-corrected chi connectivity index (χ0v) is 16.2. The summed E-state index contributed by atoms with van der Waals surface area (Å²) in [7, 11) is 3.42. The lowest BCUT2D eigenvalue weighted by Crippen LogP contribution is -2.42. The van der Waals surface area contributed by atoms with Crippen molar-refractivity contribution in [3.63, 3.8) is 0 Å². The zero-order chi connectivity index (χ0) is 18.6. The van der Waals surface area contributed by atoms with E-state index in [4.69, 9.17) is 4.74 Å². The third-order valence-electron chi connectivity index (χ3n) is 5.64. The second kappa shape index (κ2) is 8.70. The number of rotatable bonds is 6. The molecule has 1 unspecified atom stereocenters. The van der Waals surface area contributed by atoms with Crippen molar-refractivity contribution in [2.24, 2.45) is 23.7 Å². The first-order chi connectivity index (χ1) is 11.8. The molecule has 1 aliphatic rings. The van der Waals surface area contributed by atoms with Crippen molar-refractivity contribution in [2.45, 2.75) is 46.1 Å². The Balaban J connectivity index is 2.05. The number of carbonyl (C=O) groups excluding carboxylic acids is 1. The summed E-state index contributed by atoms with van der Waals surface area (Å²) in [5.41, 5.74) is 0.774. The van der Waals surface area contributed by atoms with E-state index >= 15 is 0 Å². The predicted molar refractivity (Wildman–Crippen MR) is 100 cm³/mol. The molecule has 1 fully saturated rings. The van der Waals surface area contributed by atoms with E-state index in [1.165, 1.54) is 6.42 Å². The minimum Gasteiger partial charge on any atom is -0.497 e. The molecule has 4 atom stereocenters. The van der Waals surface area contributed by atoms with Gasteiger partial charge in [0, 0.05) is 13.0 Å². The highest BCUT2D eigenvalue weighted by Gasteiger charge is 2.37. The van der Waals surface area contributed by atoms with Gasteiger partial charge in [-0.1, -0.05) is 39.3 Å². The molecule has 25 heavy (non-hydrogen) atoms. The summed E-state index contributed by atoms with van der Waals surface area (Å²) in [6.45, 7) is 6.97. The van der Waals surface area contributed by atoms with Gasteiger partial charge < -0.3 is 14.7 Å². The van der Waals surface area contributed by atoms with Crippen molar-refractivity contribution >= 4 is 5.91 Å². The molecule has 0 bridgehead atoms. The lowest BCUT2D eigenvalue weighted by atomic mass is 9.69. The van der Waals surface area contributed by atoms with Gasteiger partial charge in [-0.2, -0.15) is 0 Å². The lowest BCUT2D eigenvalue weighted by Gasteiger charge is -2.38. The number of aliphatic hydroxyl groups excluding tert-OH is 1. The Morgan fingerprint density at radius 3 is 2.72 bits per heavy atom. The largest absolute Gasteiger partial charge is 0.497 e. The van der Waals surface area contributed by atoms with Crippen molar-refractivity contribution in [3.05, 3.63) is 29.8 Å². The van der Waals surface area contributed by atoms with E-state index in [2.05, 4.69) is 20.8 Å². The van der Waals surface area contributed by atoms with E-state index in [1.54, 1.807) is 12.0 Å². The van der Waals surface area contributed by atoms with Gasteiger partial charge in [0.1, 0.15) is 5.75 Å². The summed E-state index contributed by atoms with van der Waals surface area (Å²) in [6, 6.07) is 7.40. The van der Waals surface area contributed by atoms with Crippen LogP contribution in [-0.2, 0) is 4.79 Å². The summed E-state index contributed by atoms with van der Waals surface area (Å²) < 4.78 is 5.21. The summed E-state index contributed by atoms with van der Waals surface area (Å²) in [5.74, 6) is 2.52. The van der Waals surface area contributed by atoms with Crippen molar-refractivity contribution in [1.29, 1.82) is 0 Å². The van der Waals surface area contributed by atoms with E-state index in [0.717, 1.165) is 18.4 Å². The van der Waals surface area contributed by atoms with E-state index in [0.29, 0.717) is 30.0 Å². The van der Waals surface area contributed by atoms with E-state index < -0.39 is 6.10 Å². The molecule has 1 aromatic rings. The molecule has 1 aromatic carbocycles. The number of carbonyl (C=O) groups is 1. The molecular weight excluding hydrogens is 314 g/mol. The molecule has 0 aliphatic heterocycles. The van der Waals surface area contributed by atoms with Crippen molar-refractivity contribution in [2.75, 3.05) is 20.7 Å². The number of hydrogen-bond donors (Lipinski definition) is 1. The number of nitrogens with zero attached hydrogens (tertiary/aromatic N) is 1. The average Bonchev–Trinajstić information content (AvgIpc) is 2.60. The smallest absolute Gasteiger partial charge is 0.225 e. The number of benzene rings is 1. The Hall–Kier alpha value is -1.55. The molecular formula is C21H33NO3. The summed E-state index contributed by atoms with van der Waals surface area (Å²) in [6.07, 6.45) is 2.59. The maximum absolute atomic E-state index is 13.0. The van der Waals surface area contributed by atoms with Crippen LogP contribution in [0.1, 0.15) is 51.7 Å². The number of likely N-dealkylation sites (N-methyl/N-ethyl adjacent to an activating group) is 1. The number of hydrogen-bond acceptors (Lipinski definition) is 3. The van der Waals surface area contributed by atoms with Gasteiger partial charge in [0.25, 0.3) is 0 Å². The Labute approximate surface area is 152 Å². The number of amides is 1. The third-order valence-corrected chi connectivity index (χ3v) is 5.64. The maximum Gasteiger partial charge on any atom is 0.225 e. The van der Waals surface area contributed by atoms with E-state index in [-0.39, 0.29) is 11.8 Å². The van der Waals surface area contributed by atoms with Gasteiger partial charge in [-0.15, -0.1) is 0 Å². The number of methoxy groups -OCH3 is 1. The van der Waals surface area contributed by atoms with Crippen molar-refractivity contribution in [1.82, 2.24) is 4.90 Å². The monoisotopic (exact) mass is 347 g/mol. The average molecular weight is 347 g/mol. The lowest BCUT2D eigenvalue weighted by molar-refractivity contribution is -0.140. The molecule has 0 spiro atoms. The van der Waals surface area contributed by atoms with Gasteiger partial charge in [-0.05, 0) is 48.3 Å². The van der Waals surface area contributed by atoms with Gasteiger partial charge in [-0.25, -0.2) is 0 Å². The first-order valence-electron chi connectivity index (χ1n) is 9.40. The Morgan fingerprint density at radius 1 is 1.36 bits per heavy atom. The van der Waals surface area contributed by atoms with Gasteiger partial charge >= 0.3 is 0 Å². The van der Waals surface area contributed by atoms with Crippen molar-refractivity contribution < 1.29 is 14.6 Å². The second-order valence-electron chi connectivity index (χ2n) is 7.94. The normalized spacial score (nSPS) is 24.8. The summed E-state index contributed by atoms with van der Waals surface area (Å²) >= 11 is 0. The molecule has 4 nitrogen and oxygen atoms in total. The number of ether oxygens (including phenoxy) is 1. The molecule has 1 saturated carbocycles. The highest BCUT2D eigenvalue weighted by molar-refractivity contribution is 5.79. The topological polar surface area (TPSA) is 49.8 Å². The van der Waals surface area contributed by atoms with E-state index in [9.17, 15) is 9.90 Å². The Morgan fingerprint density at radius 2 is 2.08 bits per heavy atom. The fraction of sp³-hybridized carbons (Fsp3) is 0.667. The molecule has 2 rings (SSSR count). The van der Waals surface area contributed by atoms with Gasteiger partial charge in [0.2, 0.25) is 5.91 Å². The predicted octanol–water partition coefficient (Wildman–Crippen LogP) is 3.90. The zero-order valence-electron chi connectivity index (χ0n) is 16.2. The Bertz CT molecular complexity index is 572. The van der Waals surface area contributed by atoms with Crippen molar-refractivity contribution in [3.8, 4) is 5.75 Å². The molecule has 1 N–H and O–H groups in total. The van der Waals surface area contributed by atoms with Gasteiger partial charge in [0.15, 0.2) is 0 Å². The molecule has 4 heteroatoms. The second-order valence-corrected chi connectivity index (χ2v) is 7.94.